The Morgan fingerprint density at radius 2 is 1.35 bits per heavy atom. The molecule has 0 saturated carbocycles. The molecule has 1 aromatic rings. The molecule has 31 heavy (non-hydrogen) atoms. The lowest BCUT2D eigenvalue weighted by molar-refractivity contribution is 0.0941. The molecule has 1 rings (SSSR count). The molecule has 0 bridgehead atoms. The van der Waals surface area contributed by atoms with Gasteiger partial charge >= 0.3 is 0 Å². The third-order valence-corrected chi connectivity index (χ3v) is 3.94. The lowest BCUT2D eigenvalue weighted by Crippen LogP contribution is -2.42. The number of carbonyl (C=O) groups is 1. The summed E-state index contributed by atoms with van der Waals surface area (Å²) in [5, 5.41) is 26.5. The van der Waals surface area contributed by atoms with Gasteiger partial charge < -0.3 is 30.3 Å². The topological polar surface area (TPSA) is 100 Å². The lowest BCUT2D eigenvalue weighted by Gasteiger charge is -2.23. The number of halogens is 2. The van der Waals surface area contributed by atoms with E-state index in [9.17, 15) is 15.0 Å². The summed E-state index contributed by atoms with van der Waals surface area (Å²) in [6.45, 7) is 14.5. The average Bonchev–Trinajstić information content (AvgIpc) is 2.60. The minimum atomic E-state index is -0.699. The van der Waals surface area contributed by atoms with E-state index in [1.807, 2.05) is 41.5 Å². The summed E-state index contributed by atoms with van der Waals surface area (Å²) in [5.74, 6) is 0.713. The van der Waals surface area contributed by atoms with Crippen molar-refractivity contribution in [3.63, 3.8) is 0 Å². The second-order valence-corrected chi connectivity index (χ2v) is 9.41. The highest BCUT2D eigenvalue weighted by Gasteiger charge is 2.16. The standard InChI is InChI=1S/C22H38N2O5.2ClH/c1-15(25)19-10-18(28-13-16(26)11-23-21(2,3)4)8-9-20(19)29-14-17(27)12-24-22(5,6)7;;/h8-10,16-17,23-24,26-27H,11-14H2,1-7H3;2*1H. The Bertz CT molecular complexity index is 660. The SMILES string of the molecule is CC(=O)c1cc(OCC(O)CNC(C)(C)C)ccc1OCC(O)CNC(C)(C)C.Cl.Cl. The summed E-state index contributed by atoms with van der Waals surface area (Å²) in [5.41, 5.74) is 0.187. The molecule has 0 aliphatic heterocycles. The van der Waals surface area contributed by atoms with E-state index in [1.54, 1.807) is 18.2 Å². The predicted octanol–water partition coefficient (Wildman–Crippen LogP) is 2.99. The fourth-order valence-corrected chi connectivity index (χ4v) is 2.34. The summed E-state index contributed by atoms with van der Waals surface area (Å²) < 4.78 is 11.3. The van der Waals surface area contributed by atoms with Crippen molar-refractivity contribution in [3.05, 3.63) is 23.8 Å². The van der Waals surface area contributed by atoms with Crippen LogP contribution in [-0.2, 0) is 0 Å². The van der Waals surface area contributed by atoms with Crippen molar-refractivity contribution in [2.24, 2.45) is 0 Å². The summed E-state index contributed by atoms with van der Waals surface area (Å²) in [7, 11) is 0. The molecule has 7 nitrogen and oxygen atoms in total. The molecule has 9 heteroatoms. The second kappa shape index (κ2) is 14.1. The minimum Gasteiger partial charge on any atom is -0.491 e. The summed E-state index contributed by atoms with van der Waals surface area (Å²) in [4.78, 5) is 12.0. The van der Waals surface area contributed by atoms with Gasteiger partial charge in [-0.2, -0.15) is 0 Å². The number of Topliss-reactive ketones (excluding diaryl/α,β-unsaturated/α-hetero) is 1. The van der Waals surface area contributed by atoms with Crippen molar-refractivity contribution in [2.75, 3.05) is 26.3 Å². The second-order valence-electron chi connectivity index (χ2n) is 9.41. The minimum absolute atomic E-state index is 0. The zero-order chi connectivity index (χ0) is 22.2. The van der Waals surface area contributed by atoms with Crippen molar-refractivity contribution in [2.45, 2.75) is 71.8 Å². The Balaban J connectivity index is 0. The molecule has 2 unspecified atom stereocenters. The van der Waals surface area contributed by atoms with E-state index < -0.39 is 12.2 Å². The number of carbonyl (C=O) groups excluding carboxylic acids is 1. The van der Waals surface area contributed by atoms with Crippen molar-refractivity contribution in [1.29, 1.82) is 0 Å². The van der Waals surface area contributed by atoms with Crippen LogP contribution >= 0.6 is 24.8 Å². The van der Waals surface area contributed by atoms with Gasteiger partial charge in [0.25, 0.3) is 0 Å². The summed E-state index contributed by atoms with van der Waals surface area (Å²) in [6.07, 6.45) is -1.37. The average molecular weight is 483 g/mol. The normalized spacial score (nSPS) is 13.5. The number of benzene rings is 1. The first-order valence-electron chi connectivity index (χ1n) is 10.0. The quantitative estimate of drug-likeness (QED) is 0.359. The molecule has 0 aliphatic rings. The molecule has 0 radical (unpaired) electrons. The number of rotatable bonds is 11. The van der Waals surface area contributed by atoms with Crippen LogP contribution in [0.3, 0.4) is 0 Å². The highest BCUT2D eigenvalue weighted by atomic mass is 35.5. The van der Waals surface area contributed by atoms with Crippen LogP contribution in [-0.4, -0.2) is 65.6 Å². The molecule has 0 heterocycles. The highest BCUT2D eigenvalue weighted by Crippen LogP contribution is 2.25. The molecule has 0 spiro atoms. The van der Waals surface area contributed by atoms with E-state index in [0.717, 1.165) is 0 Å². The van der Waals surface area contributed by atoms with Gasteiger partial charge in [0.2, 0.25) is 0 Å². The van der Waals surface area contributed by atoms with Crippen LogP contribution in [0.25, 0.3) is 0 Å². The molecule has 0 amide bonds. The third-order valence-electron chi connectivity index (χ3n) is 3.94. The smallest absolute Gasteiger partial charge is 0.163 e. The molecule has 2 atom stereocenters. The number of aliphatic hydroxyl groups is 2. The maximum Gasteiger partial charge on any atom is 0.163 e. The molecule has 4 N–H and O–H groups in total. The van der Waals surface area contributed by atoms with E-state index in [2.05, 4.69) is 10.6 Å². The fourth-order valence-electron chi connectivity index (χ4n) is 2.34. The van der Waals surface area contributed by atoms with E-state index >= 15 is 0 Å². The van der Waals surface area contributed by atoms with Crippen LogP contribution < -0.4 is 20.1 Å². The number of ketones is 1. The summed E-state index contributed by atoms with van der Waals surface area (Å²) >= 11 is 0. The van der Waals surface area contributed by atoms with Crippen LogP contribution in [0.5, 0.6) is 11.5 Å². The number of hydrogen-bond donors (Lipinski definition) is 4. The first-order valence-corrected chi connectivity index (χ1v) is 10.0. The molecule has 0 aromatic heterocycles. The van der Waals surface area contributed by atoms with Gasteiger partial charge in [0, 0.05) is 24.2 Å². The van der Waals surface area contributed by atoms with Crippen molar-refractivity contribution in [3.8, 4) is 11.5 Å². The first-order chi connectivity index (χ1) is 13.3. The third kappa shape index (κ3) is 14.6. The first kappa shape index (κ1) is 32.1. The molecular weight excluding hydrogens is 443 g/mol. The highest BCUT2D eigenvalue weighted by molar-refractivity contribution is 5.97. The van der Waals surface area contributed by atoms with Gasteiger partial charge in [-0.05, 0) is 66.7 Å². The largest absolute Gasteiger partial charge is 0.491 e. The Morgan fingerprint density at radius 3 is 1.77 bits per heavy atom. The molecule has 1 aromatic carbocycles. The van der Waals surface area contributed by atoms with Crippen LogP contribution in [0.15, 0.2) is 18.2 Å². The number of ether oxygens (including phenoxy) is 2. The van der Waals surface area contributed by atoms with Crippen LogP contribution in [0, 0.1) is 0 Å². The zero-order valence-electron chi connectivity index (χ0n) is 19.7. The van der Waals surface area contributed by atoms with E-state index in [4.69, 9.17) is 9.47 Å². The van der Waals surface area contributed by atoms with E-state index in [-0.39, 0.29) is 54.9 Å². The Morgan fingerprint density at radius 1 is 0.903 bits per heavy atom. The van der Waals surface area contributed by atoms with Gasteiger partial charge in [0.05, 0.1) is 5.56 Å². The summed E-state index contributed by atoms with van der Waals surface area (Å²) in [6, 6.07) is 4.93. The van der Waals surface area contributed by atoms with Crippen molar-refractivity contribution < 1.29 is 24.5 Å². The van der Waals surface area contributed by atoms with Gasteiger partial charge in [0.1, 0.15) is 36.9 Å². The van der Waals surface area contributed by atoms with E-state index in [0.29, 0.717) is 30.2 Å². The molecule has 182 valence electrons. The Kier molecular flexibility index (Phi) is 14.6. The predicted molar refractivity (Wildman–Crippen MR) is 129 cm³/mol. The van der Waals surface area contributed by atoms with Crippen LogP contribution in [0.1, 0.15) is 58.8 Å². The van der Waals surface area contributed by atoms with Crippen molar-refractivity contribution >= 4 is 30.6 Å². The molecule has 0 saturated heterocycles. The van der Waals surface area contributed by atoms with Crippen LogP contribution in [0.4, 0.5) is 0 Å². The van der Waals surface area contributed by atoms with Gasteiger partial charge in [-0.3, -0.25) is 4.79 Å². The maximum absolute atomic E-state index is 12.0. The maximum atomic E-state index is 12.0. The van der Waals surface area contributed by atoms with Crippen molar-refractivity contribution in [1.82, 2.24) is 10.6 Å². The number of aliphatic hydroxyl groups excluding tert-OH is 2. The lowest BCUT2D eigenvalue weighted by atomic mass is 10.1. The van der Waals surface area contributed by atoms with Crippen LogP contribution in [0.2, 0.25) is 0 Å². The number of hydrogen-bond acceptors (Lipinski definition) is 7. The fraction of sp³-hybridized carbons (Fsp3) is 0.682. The molecule has 0 aliphatic carbocycles. The number of nitrogens with one attached hydrogen (secondary N) is 2. The van der Waals surface area contributed by atoms with E-state index in [1.165, 1.54) is 6.92 Å². The van der Waals surface area contributed by atoms with Gasteiger partial charge in [0.15, 0.2) is 5.78 Å². The Hall–Kier alpha value is -1.09. The van der Waals surface area contributed by atoms with Gasteiger partial charge in [-0.25, -0.2) is 0 Å². The molecule has 0 fully saturated rings. The van der Waals surface area contributed by atoms with Gasteiger partial charge in [-0.15, -0.1) is 24.8 Å². The number of β-amino-alcohol motifs (C(OH)–C–C–N with tert-alkyl or cyclic N) is 2. The molecular formula is C22H40Cl2N2O5. The van der Waals surface area contributed by atoms with Gasteiger partial charge in [-0.1, -0.05) is 0 Å². The zero-order valence-corrected chi connectivity index (χ0v) is 21.3. The monoisotopic (exact) mass is 482 g/mol. The Labute approximate surface area is 199 Å².